The summed E-state index contributed by atoms with van der Waals surface area (Å²) in [6.45, 7) is 6.70. The maximum absolute atomic E-state index is 11.2. The van der Waals surface area contributed by atoms with Crippen LogP contribution in [0, 0.1) is 37.0 Å². The summed E-state index contributed by atoms with van der Waals surface area (Å²) in [7, 11) is 0. The Balaban J connectivity index is 1.90. The lowest BCUT2D eigenvalue weighted by Crippen LogP contribution is -2.32. The molecule has 2 aliphatic rings. The zero-order valence-corrected chi connectivity index (χ0v) is 13.9. The molecule has 24 heavy (non-hydrogen) atoms. The van der Waals surface area contributed by atoms with Gasteiger partial charge in [-0.25, -0.2) is 0 Å². The molecule has 8 nitrogen and oxygen atoms in total. The highest BCUT2D eigenvalue weighted by Gasteiger charge is 2.60. The van der Waals surface area contributed by atoms with Crippen molar-refractivity contribution in [1.29, 1.82) is 0 Å². The summed E-state index contributed by atoms with van der Waals surface area (Å²) in [6.07, 6.45) is 3.13. The molecule has 1 aromatic rings. The number of fused-ring (bicyclic) bond motifs is 2. The van der Waals surface area contributed by atoms with E-state index in [4.69, 9.17) is 0 Å². The highest BCUT2D eigenvalue weighted by Crippen LogP contribution is 2.63. The summed E-state index contributed by atoms with van der Waals surface area (Å²) in [6, 6.07) is 3.53. The first-order valence-electron chi connectivity index (χ1n) is 7.93. The van der Waals surface area contributed by atoms with Crippen LogP contribution in [0.5, 0.6) is 0 Å². The van der Waals surface area contributed by atoms with Crippen LogP contribution in [0.1, 0.15) is 40.0 Å². The van der Waals surface area contributed by atoms with Crippen molar-refractivity contribution in [2.45, 2.75) is 40.0 Å². The molecule has 2 saturated carbocycles. The molecule has 2 aliphatic carbocycles. The third kappa shape index (κ3) is 2.24. The Bertz CT molecular complexity index is 758. The molecule has 2 bridgehead atoms. The van der Waals surface area contributed by atoms with E-state index < -0.39 is 9.85 Å². The Kier molecular flexibility index (Phi) is 3.58. The number of hydrogen-bond acceptors (Lipinski definition) is 6. The summed E-state index contributed by atoms with van der Waals surface area (Å²) >= 11 is 0. The maximum atomic E-state index is 11.2. The van der Waals surface area contributed by atoms with Gasteiger partial charge in [-0.05, 0) is 36.7 Å². The van der Waals surface area contributed by atoms with Gasteiger partial charge in [-0.2, -0.15) is 5.10 Å². The third-order valence-corrected chi connectivity index (χ3v) is 6.21. The average Bonchev–Trinajstić information content (AvgIpc) is 2.85. The van der Waals surface area contributed by atoms with Crippen molar-refractivity contribution in [2.24, 2.45) is 21.8 Å². The number of rotatable bonds is 4. The van der Waals surface area contributed by atoms with Gasteiger partial charge in [0.2, 0.25) is 0 Å². The lowest BCUT2D eigenvalue weighted by molar-refractivity contribution is -0.393. The van der Waals surface area contributed by atoms with Crippen molar-refractivity contribution in [1.82, 2.24) is 0 Å². The second-order valence-electron chi connectivity index (χ2n) is 7.38. The number of nitro groups is 2. The third-order valence-electron chi connectivity index (χ3n) is 6.21. The molecule has 8 heteroatoms. The molecule has 0 heterocycles. The van der Waals surface area contributed by atoms with Crippen LogP contribution in [0.25, 0.3) is 0 Å². The van der Waals surface area contributed by atoms with Gasteiger partial charge in [-0.1, -0.05) is 20.8 Å². The number of hydrazone groups is 1. The Morgan fingerprint density at radius 3 is 2.42 bits per heavy atom. The fraction of sp³-hybridized carbons (Fsp3) is 0.562. The second-order valence-corrected chi connectivity index (χ2v) is 7.38. The van der Waals surface area contributed by atoms with E-state index in [2.05, 4.69) is 31.3 Å². The fourth-order valence-electron chi connectivity index (χ4n) is 4.10. The Morgan fingerprint density at radius 2 is 1.92 bits per heavy atom. The van der Waals surface area contributed by atoms with Gasteiger partial charge in [0.05, 0.1) is 15.9 Å². The van der Waals surface area contributed by atoms with Crippen LogP contribution in [-0.4, -0.2) is 15.6 Å². The van der Waals surface area contributed by atoms with Crippen molar-refractivity contribution in [3.05, 3.63) is 38.4 Å². The molecule has 0 saturated heterocycles. The van der Waals surface area contributed by atoms with Gasteiger partial charge in [0, 0.05) is 17.2 Å². The smallest absolute Gasteiger partial charge is 0.272 e. The minimum absolute atomic E-state index is 0.0137. The molecule has 128 valence electrons. The molecular weight excluding hydrogens is 312 g/mol. The van der Waals surface area contributed by atoms with Crippen molar-refractivity contribution in [3.63, 3.8) is 0 Å². The highest BCUT2D eigenvalue weighted by atomic mass is 16.6. The number of non-ortho nitro benzene ring substituents is 1. The van der Waals surface area contributed by atoms with E-state index in [0.717, 1.165) is 24.6 Å². The lowest BCUT2D eigenvalue weighted by atomic mass is 9.70. The number of benzene rings is 1. The molecule has 2 atom stereocenters. The molecule has 1 aromatic carbocycles. The number of nitro benzene ring substituents is 2. The second kappa shape index (κ2) is 5.25. The Morgan fingerprint density at radius 1 is 1.21 bits per heavy atom. The first kappa shape index (κ1) is 16.4. The Labute approximate surface area is 139 Å². The molecule has 0 radical (unpaired) electrons. The lowest BCUT2D eigenvalue weighted by Gasteiger charge is -2.34. The van der Waals surface area contributed by atoms with Crippen LogP contribution < -0.4 is 5.43 Å². The molecule has 0 aromatic heterocycles. The quantitative estimate of drug-likeness (QED) is 0.658. The summed E-state index contributed by atoms with van der Waals surface area (Å²) in [5.41, 5.74) is 3.46. The van der Waals surface area contributed by atoms with Crippen LogP contribution in [0.2, 0.25) is 0 Å². The van der Waals surface area contributed by atoms with E-state index in [9.17, 15) is 20.2 Å². The van der Waals surface area contributed by atoms with Gasteiger partial charge in [-0.15, -0.1) is 0 Å². The maximum Gasteiger partial charge on any atom is 0.301 e. The highest BCUT2D eigenvalue weighted by molar-refractivity contribution is 5.95. The summed E-state index contributed by atoms with van der Waals surface area (Å²) in [5, 5.41) is 26.4. The molecule has 0 unspecified atom stereocenters. The van der Waals surface area contributed by atoms with Gasteiger partial charge in [0.1, 0.15) is 5.69 Å². The van der Waals surface area contributed by atoms with E-state index >= 15 is 0 Å². The van der Waals surface area contributed by atoms with E-state index in [1.807, 2.05) is 0 Å². The molecule has 3 rings (SSSR count). The first-order chi connectivity index (χ1) is 11.2. The monoisotopic (exact) mass is 332 g/mol. The first-order valence-corrected chi connectivity index (χ1v) is 7.93. The number of nitrogens with one attached hydrogen (secondary N) is 1. The zero-order valence-electron chi connectivity index (χ0n) is 13.9. The predicted octanol–water partition coefficient (Wildman–Crippen LogP) is 4.12. The minimum Gasteiger partial charge on any atom is -0.272 e. The van der Waals surface area contributed by atoms with Gasteiger partial charge in [0.25, 0.3) is 5.69 Å². The van der Waals surface area contributed by atoms with Gasteiger partial charge >= 0.3 is 5.69 Å². The van der Waals surface area contributed by atoms with Crippen LogP contribution >= 0.6 is 0 Å². The van der Waals surface area contributed by atoms with Gasteiger partial charge < -0.3 is 0 Å². The SMILES string of the molecule is CC1(C)[C@@H]2CC[C@@]1(C)/C(=N/Nc1ccc([N+](=O)[O-])cc1[N+](=O)[O-])C2. The zero-order chi connectivity index (χ0) is 17.7. The molecule has 1 N–H and O–H groups in total. The fourth-order valence-corrected chi connectivity index (χ4v) is 4.10. The van der Waals surface area contributed by atoms with Gasteiger partial charge in [-0.3, -0.25) is 25.7 Å². The van der Waals surface area contributed by atoms with E-state index in [0.29, 0.717) is 5.92 Å². The van der Waals surface area contributed by atoms with E-state index in [1.165, 1.54) is 18.6 Å². The van der Waals surface area contributed by atoms with Crippen LogP contribution in [-0.2, 0) is 0 Å². The molecule has 0 aliphatic heterocycles. The average molecular weight is 332 g/mol. The summed E-state index contributed by atoms with van der Waals surface area (Å²) in [5.74, 6) is 0.579. The van der Waals surface area contributed by atoms with E-state index in [-0.39, 0.29) is 27.9 Å². The standard InChI is InChI=1S/C16H20N4O4/c1-15(2)10-6-7-16(15,3)14(8-10)18-17-12-5-4-11(19(21)22)9-13(12)20(23)24/h4-5,9-10,17H,6-8H2,1-3H3/b18-14+/t10-,16+/m1/s1. The predicted molar refractivity (Wildman–Crippen MR) is 90.0 cm³/mol. The topological polar surface area (TPSA) is 111 Å². The van der Waals surface area contributed by atoms with Crippen LogP contribution in [0.3, 0.4) is 0 Å². The van der Waals surface area contributed by atoms with E-state index in [1.54, 1.807) is 0 Å². The molecule has 0 spiro atoms. The summed E-state index contributed by atoms with van der Waals surface area (Å²) < 4.78 is 0. The minimum atomic E-state index is -0.651. The van der Waals surface area contributed by atoms with Crippen LogP contribution in [0.15, 0.2) is 23.3 Å². The van der Waals surface area contributed by atoms with Crippen molar-refractivity contribution < 1.29 is 9.85 Å². The van der Waals surface area contributed by atoms with Crippen LogP contribution in [0.4, 0.5) is 17.1 Å². The Hall–Kier alpha value is -2.51. The summed E-state index contributed by atoms with van der Waals surface area (Å²) in [4.78, 5) is 20.7. The largest absolute Gasteiger partial charge is 0.301 e. The van der Waals surface area contributed by atoms with Crippen molar-refractivity contribution in [3.8, 4) is 0 Å². The normalized spacial score (nSPS) is 29.0. The number of anilines is 1. The number of nitrogens with zero attached hydrogens (tertiary/aromatic N) is 3. The van der Waals surface area contributed by atoms with Crippen molar-refractivity contribution in [2.75, 3.05) is 5.43 Å². The molecule has 2 fully saturated rings. The molecular formula is C16H20N4O4. The van der Waals surface area contributed by atoms with Crippen molar-refractivity contribution >= 4 is 22.8 Å². The number of hydrogen-bond donors (Lipinski definition) is 1. The molecule has 0 amide bonds. The van der Waals surface area contributed by atoms with Gasteiger partial charge in [0.15, 0.2) is 0 Å².